The quantitative estimate of drug-likeness (QED) is 0.434. The fourth-order valence-electron chi connectivity index (χ4n) is 4.17. The molecule has 178 valence electrons. The van der Waals surface area contributed by atoms with Gasteiger partial charge in [0, 0.05) is 18.7 Å². The van der Waals surface area contributed by atoms with E-state index in [0.29, 0.717) is 11.1 Å². The number of aromatic hydroxyl groups is 1. The summed E-state index contributed by atoms with van der Waals surface area (Å²) in [6.45, 7) is 5.59. The number of hydrogen-bond donors (Lipinski definition) is 2. The van der Waals surface area contributed by atoms with Crippen LogP contribution in [0.1, 0.15) is 57.7 Å². The summed E-state index contributed by atoms with van der Waals surface area (Å²) in [6.07, 6.45) is 2.48. The zero-order chi connectivity index (χ0) is 25.3. The van der Waals surface area contributed by atoms with Gasteiger partial charge in [-0.15, -0.1) is 0 Å². The summed E-state index contributed by atoms with van der Waals surface area (Å²) in [7, 11) is 1.47. The van der Waals surface area contributed by atoms with Gasteiger partial charge in [0.25, 0.3) is 11.5 Å². The third-order valence-corrected chi connectivity index (χ3v) is 5.80. The molecule has 0 saturated carbocycles. The average molecular weight is 473 g/mol. The van der Waals surface area contributed by atoms with Gasteiger partial charge in [0.05, 0.1) is 29.6 Å². The average Bonchev–Trinajstić information content (AvgIpc) is 3.47. The highest BCUT2D eigenvalue weighted by molar-refractivity contribution is 6.04. The Morgan fingerprint density at radius 2 is 2.03 bits per heavy atom. The second-order valence-corrected chi connectivity index (χ2v) is 8.20. The predicted octanol–water partition coefficient (Wildman–Crippen LogP) is 2.80. The topological polar surface area (TPSA) is 152 Å². The first-order valence-electron chi connectivity index (χ1n) is 10.7. The lowest BCUT2D eigenvalue weighted by molar-refractivity contribution is 0.101. The van der Waals surface area contributed by atoms with Crippen LogP contribution in [0.4, 0.5) is 5.69 Å². The molecule has 0 fully saturated rings. The Morgan fingerprint density at radius 3 is 2.66 bits per heavy atom. The number of hydrogen-bond acceptors (Lipinski definition) is 8. The number of rotatable bonds is 6. The molecule has 35 heavy (non-hydrogen) atoms. The van der Waals surface area contributed by atoms with Crippen molar-refractivity contribution in [2.24, 2.45) is 7.05 Å². The van der Waals surface area contributed by atoms with Gasteiger partial charge in [-0.25, -0.2) is 4.98 Å². The third kappa shape index (κ3) is 4.29. The van der Waals surface area contributed by atoms with Crippen molar-refractivity contribution in [3.8, 4) is 11.8 Å². The fraction of sp³-hybridized carbons (Fsp3) is 0.250. The van der Waals surface area contributed by atoms with Gasteiger partial charge in [-0.05, 0) is 31.5 Å². The standard InChI is InChI=1S/C24H23N7O4/c1-13-9-14(2)31(29-13)20(18-8-6-5-7-16(18)10-25)15(3)22-28-19(21(32)24(34)30(22)4)23(33)27-17-11-26-35-12-17/h5-9,11-12,15,20,32H,1-4H3,(H,27,33)/t15-,20-/m0/s1. The maximum Gasteiger partial charge on any atom is 0.296 e. The second kappa shape index (κ2) is 9.26. The molecule has 0 unspecified atom stereocenters. The van der Waals surface area contributed by atoms with Crippen molar-refractivity contribution in [1.82, 2.24) is 24.5 Å². The Morgan fingerprint density at radius 1 is 1.29 bits per heavy atom. The molecule has 11 nitrogen and oxygen atoms in total. The Balaban J connectivity index is 1.88. The van der Waals surface area contributed by atoms with Gasteiger partial charge < -0.3 is 14.9 Å². The number of amides is 1. The van der Waals surface area contributed by atoms with Crippen LogP contribution in [0, 0.1) is 25.2 Å². The summed E-state index contributed by atoms with van der Waals surface area (Å²) in [5.74, 6) is -1.88. The summed E-state index contributed by atoms with van der Waals surface area (Å²) in [5.41, 5.74) is 1.80. The second-order valence-electron chi connectivity index (χ2n) is 8.20. The molecule has 0 aliphatic heterocycles. The molecule has 3 aromatic heterocycles. The molecule has 3 heterocycles. The molecule has 2 atom stereocenters. The van der Waals surface area contributed by atoms with E-state index < -0.39 is 34.9 Å². The van der Waals surface area contributed by atoms with Crippen LogP contribution >= 0.6 is 0 Å². The minimum absolute atomic E-state index is 0.230. The van der Waals surface area contributed by atoms with Crippen LogP contribution in [0.25, 0.3) is 0 Å². The normalized spacial score (nSPS) is 12.7. The van der Waals surface area contributed by atoms with Crippen LogP contribution in [0.5, 0.6) is 5.75 Å². The molecule has 1 aromatic carbocycles. The maximum atomic E-state index is 12.9. The molecule has 11 heteroatoms. The molecule has 4 rings (SSSR count). The van der Waals surface area contributed by atoms with E-state index in [0.717, 1.165) is 11.4 Å². The number of nitrogens with zero attached hydrogens (tertiary/aromatic N) is 6. The number of nitriles is 1. The van der Waals surface area contributed by atoms with E-state index in [1.165, 1.54) is 24.1 Å². The molecule has 0 radical (unpaired) electrons. The summed E-state index contributed by atoms with van der Waals surface area (Å²) in [5, 5.41) is 30.8. The monoisotopic (exact) mass is 473 g/mol. The van der Waals surface area contributed by atoms with E-state index in [2.05, 4.69) is 26.6 Å². The molecule has 0 spiro atoms. The van der Waals surface area contributed by atoms with E-state index in [1.807, 2.05) is 39.0 Å². The first-order valence-corrected chi connectivity index (χ1v) is 10.7. The van der Waals surface area contributed by atoms with Crippen molar-refractivity contribution in [3.05, 3.63) is 87.2 Å². The van der Waals surface area contributed by atoms with E-state index in [9.17, 15) is 20.0 Å². The van der Waals surface area contributed by atoms with Gasteiger partial charge in [-0.1, -0.05) is 30.3 Å². The Bertz CT molecular complexity index is 1500. The van der Waals surface area contributed by atoms with Crippen molar-refractivity contribution in [3.63, 3.8) is 0 Å². The SMILES string of the molecule is Cc1cc(C)n([C@H](c2ccccc2C#N)[C@H](C)c2nc(C(=O)Nc3cnoc3)c(O)c(=O)n2C)n1. The summed E-state index contributed by atoms with van der Waals surface area (Å²) in [6, 6.07) is 10.7. The van der Waals surface area contributed by atoms with Crippen LogP contribution in [-0.2, 0) is 7.05 Å². The number of anilines is 1. The van der Waals surface area contributed by atoms with E-state index in [4.69, 9.17) is 4.52 Å². The Kier molecular flexibility index (Phi) is 6.20. The van der Waals surface area contributed by atoms with E-state index in [1.54, 1.807) is 16.8 Å². The number of benzene rings is 1. The van der Waals surface area contributed by atoms with Gasteiger partial charge in [0.2, 0.25) is 5.75 Å². The van der Waals surface area contributed by atoms with Crippen molar-refractivity contribution in [2.75, 3.05) is 5.32 Å². The highest BCUT2D eigenvalue weighted by Gasteiger charge is 2.32. The van der Waals surface area contributed by atoms with Gasteiger partial charge >= 0.3 is 0 Å². The number of nitrogens with one attached hydrogen (secondary N) is 1. The predicted molar refractivity (Wildman–Crippen MR) is 125 cm³/mol. The van der Waals surface area contributed by atoms with Crippen molar-refractivity contribution < 1.29 is 14.4 Å². The molecule has 0 saturated heterocycles. The summed E-state index contributed by atoms with van der Waals surface area (Å²) >= 11 is 0. The van der Waals surface area contributed by atoms with Crippen LogP contribution in [0.3, 0.4) is 0 Å². The number of carbonyl (C=O) groups excluding carboxylic acids is 1. The molecule has 1 amide bonds. The van der Waals surface area contributed by atoms with Gasteiger partial charge in [0.15, 0.2) is 5.69 Å². The van der Waals surface area contributed by atoms with Gasteiger partial charge in [-0.3, -0.25) is 18.8 Å². The van der Waals surface area contributed by atoms with E-state index in [-0.39, 0.29) is 11.5 Å². The maximum absolute atomic E-state index is 12.9. The number of carbonyl (C=O) groups is 1. The molecule has 2 N–H and O–H groups in total. The molecule has 0 bridgehead atoms. The zero-order valence-corrected chi connectivity index (χ0v) is 19.6. The van der Waals surface area contributed by atoms with Gasteiger partial charge in [-0.2, -0.15) is 10.4 Å². The first kappa shape index (κ1) is 23.4. The van der Waals surface area contributed by atoms with Crippen LogP contribution in [0.2, 0.25) is 0 Å². The van der Waals surface area contributed by atoms with Crippen molar-refractivity contribution in [1.29, 1.82) is 5.26 Å². The lowest BCUT2D eigenvalue weighted by Gasteiger charge is -2.28. The largest absolute Gasteiger partial charge is 0.501 e. The summed E-state index contributed by atoms with van der Waals surface area (Å²) in [4.78, 5) is 30.1. The first-order chi connectivity index (χ1) is 16.7. The third-order valence-electron chi connectivity index (χ3n) is 5.80. The minimum Gasteiger partial charge on any atom is -0.501 e. The Hall–Kier alpha value is -4.72. The van der Waals surface area contributed by atoms with Crippen LogP contribution < -0.4 is 10.9 Å². The highest BCUT2D eigenvalue weighted by Crippen LogP contribution is 2.36. The smallest absolute Gasteiger partial charge is 0.296 e. The zero-order valence-electron chi connectivity index (χ0n) is 19.6. The highest BCUT2D eigenvalue weighted by atomic mass is 16.5. The molecular formula is C24H23N7O4. The number of aryl methyl sites for hydroxylation is 2. The van der Waals surface area contributed by atoms with Crippen LogP contribution in [0.15, 0.2) is 52.1 Å². The molecule has 0 aliphatic carbocycles. The minimum atomic E-state index is -0.795. The summed E-state index contributed by atoms with van der Waals surface area (Å²) < 4.78 is 7.68. The van der Waals surface area contributed by atoms with Crippen molar-refractivity contribution >= 4 is 11.6 Å². The van der Waals surface area contributed by atoms with Crippen LogP contribution in [-0.4, -0.2) is 35.5 Å². The molecular weight excluding hydrogens is 450 g/mol. The molecule has 4 aromatic rings. The lowest BCUT2D eigenvalue weighted by atomic mass is 9.90. The van der Waals surface area contributed by atoms with Gasteiger partial charge in [0.1, 0.15) is 17.8 Å². The number of aromatic nitrogens is 5. The lowest BCUT2D eigenvalue weighted by Crippen LogP contribution is -2.31. The van der Waals surface area contributed by atoms with E-state index >= 15 is 0 Å². The fourth-order valence-corrected chi connectivity index (χ4v) is 4.17. The molecule has 0 aliphatic rings. The van der Waals surface area contributed by atoms with Crippen molar-refractivity contribution in [2.45, 2.75) is 32.7 Å². The Labute approximate surface area is 200 Å².